The molecule has 0 saturated carbocycles. The van der Waals surface area contributed by atoms with Crippen LogP contribution >= 0.6 is 0 Å². The molecule has 6 heteroatoms. The first-order valence-electron chi connectivity index (χ1n) is 23.5. The minimum Gasteiger partial charge on any atom is -0.462 e. The second-order valence-electron chi connectivity index (χ2n) is 15.7. The molecular weight excluding hydrogens is 685 g/mol. The van der Waals surface area contributed by atoms with Crippen LogP contribution in [0, 0.1) is 0 Å². The van der Waals surface area contributed by atoms with Crippen LogP contribution in [0.5, 0.6) is 0 Å². The second kappa shape index (κ2) is 44.3. The number of unbranched alkanes of at least 4 members (excludes halogenated alkanes) is 25. The molecule has 0 N–H and O–H groups in total. The number of allylic oxidation sites excluding steroid dienone is 6. The summed E-state index contributed by atoms with van der Waals surface area (Å²) in [6, 6.07) is 0. The van der Waals surface area contributed by atoms with Gasteiger partial charge in [-0.1, -0.05) is 186 Å². The zero-order chi connectivity index (χ0) is 40.1. The highest BCUT2D eigenvalue weighted by Crippen LogP contribution is 2.14. The third-order valence-electron chi connectivity index (χ3n) is 10.1. The minimum atomic E-state index is -0.776. The van der Waals surface area contributed by atoms with E-state index in [1.54, 1.807) is 0 Å². The van der Waals surface area contributed by atoms with Gasteiger partial charge >= 0.3 is 17.9 Å². The maximum Gasteiger partial charge on any atom is 0.306 e. The normalized spacial score (nSPS) is 12.3. The van der Waals surface area contributed by atoms with Crippen LogP contribution in [0.15, 0.2) is 36.5 Å². The summed E-state index contributed by atoms with van der Waals surface area (Å²) in [4.78, 5) is 37.7. The number of rotatable bonds is 42. The van der Waals surface area contributed by atoms with Gasteiger partial charge in [-0.25, -0.2) is 0 Å². The van der Waals surface area contributed by atoms with Crippen molar-refractivity contribution in [1.29, 1.82) is 0 Å². The van der Waals surface area contributed by atoms with Crippen molar-refractivity contribution in [3.8, 4) is 0 Å². The zero-order valence-corrected chi connectivity index (χ0v) is 36.4. The third-order valence-corrected chi connectivity index (χ3v) is 10.1. The summed E-state index contributed by atoms with van der Waals surface area (Å²) in [5.41, 5.74) is 0. The van der Waals surface area contributed by atoms with E-state index in [4.69, 9.17) is 14.2 Å². The fourth-order valence-electron chi connectivity index (χ4n) is 6.51. The molecule has 0 aromatic rings. The first-order valence-corrected chi connectivity index (χ1v) is 23.5. The van der Waals surface area contributed by atoms with Gasteiger partial charge in [0.25, 0.3) is 0 Å². The van der Waals surface area contributed by atoms with Crippen LogP contribution in [0.1, 0.15) is 239 Å². The molecule has 0 radical (unpaired) electrons. The molecule has 0 spiro atoms. The minimum absolute atomic E-state index is 0.0780. The number of hydrogen-bond donors (Lipinski definition) is 0. The lowest BCUT2D eigenvalue weighted by Crippen LogP contribution is -2.30. The maximum atomic E-state index is 12.7. The van der Waals surface area contributed by atoms with E-state index in [1.807, 2.05) is 0 Å². The molecule has 0 heterocycles. The van der Waals surface area contributed by atoms with Crippen molar-refractivity contribution in [1.82, 2.24) is 0 Å². The number of carbonyl (C=O) groups is 3. The first-order chi connectivity index (χ1) is 27.0. The molecule has 0 aliphatic heterocycles. The lowest BCUT2D eigenvalue weighted by atomic mass is 10.1. The highest BCUT2D eigenvalue weighted by molar-refractivity contribution is 5.71. The Bertz CT molecular complexity index is 938. The van der Waals surface area contributed by atoms with Crippen molar-refractivity contribution < 1.29 is 28.6 Å². The molecule has 0 saturated heterocycles. The summed E-state index contributed by atoms with van der Waals surface area (Å²) in [7, 11) is 0. The second-order valence-corrected chi connectivity index (χ2v) is 15.7. The smallest absolute Gasteiger partial charge is 0.306 e. The molecule has 0 aromatic carbocycles. The Hall–Kier alpha value is -2.37. The molecule has 1 atom stereocenters. The number of carbonyl (C=O) groups excluding carboxylic acids is 3. The van der Waals surface area contributed by atoms with E-state index in [0.717, 1.165) is 89.9 Å². The average Bonchev–Trinajstić information content (AvgIpc) is 3.18. The molecule has 1 unspecified atom stereocenters. The van der Waals surface area contributed by atoms with E-state index in [0.29, 0.717) is 19.3 Å². The van der Waals surface area contributed by atoms with Gasteiger partial charge in [0, 0.05) is 19.3 Å². The monoisotopic (exact) mass is 773 g/mol. The third kappa shape index (κ3) is 42.6. The Balaban J connectivity index is 4.38. The molecule has 0 aromatic heterocycles. The van der Waals surface area contributed by atoms with Gasteiger partial charge in [0.1, 0.15) is 13.2 Å². The Morgan fingerprint density at radius 1 is 0.364 bits per heavy atom. The van der Waals surface area contributed by atoms with Gasteiger partial charge in [-0.3, -0.25) is 14.4 Å². The summed E-state index contributed by atoms with van der Waals surface area (Å²) in [5, 5.41) is 0. The highest BCUT2D eigenvalue weighted by Gasteiger charge is 2.19. The van der Waals surface area contributed by atoms with Gasteiger partial charge in [-0.2, -0.15) is 0 Å². The summed E-state index contributed by atoms with van der Waals surface area (Å²) < 4.78 is 16.7. The molecule has 0 fully saturated rings. The van der Waals surface area contributed by atoms with Gasteiger partial charge in [-0.05, 0) is 70.6 Å². The quantitative estimate of drug-likeness (QED) is 0.0266. The average molecular weight is 773 g/mol. The van der Waals surface area contributed by atoms with Crippen LogP contribution in [0.4, 0.5) is 0 Å². The summed E-state index contributed by atoms with van der Waals surface area (Å²) >= 11 is 0. The van der Waals surface area contributed by atoms with Crippen molar-refractivity contribution in [2.75, 3.05) is 13.2 Å². The van der Waals surface area contributed by atoms with Crippen LogP contribution in [-0.4, -0.2) is 37.2 Å². The molecular formula is C49H88O6. The largest absolute Gasteiger partial charge is 0.462 e. The molecule has 320 valence electrons. The van der Waals surface area contributed by atoms with Crippen molar-refractivity contribution >= 4 is 17.9 Å². The summed E-state index contributed by atoms with van der Waals surface area (Å²) in [6.07, 6.45) is 49.8. The van der Waals surface area contributed by atoms with Gasteiger partial charge in [0.2, 0.25) is 0 Å². The lowest BCUT2D eigenvalue weighted by Gasteiger charge is -2.18. The molecule has 0 amide bonds. The number of esters is 3. The molecule has 0 aliphatic carbocycles. The van der Waals surface area contributed by atoms with Crippen LogP contribution in [0.3, 0.4) is 0 Å². The molecule has 0 rings (SSSR count). The summed E-state index contributed by atoms with van der Waals surface area (Å²) in [5.74, 6) is -0.900. The molecule has 6 nitrogen and oxygen atoms in total. The number of hydrogen-bond acceptors (Lipinski definition) is 6. The zero-order valence-electron chi connectivity index (χ0n) is 36.4. The summed E-state index contributed by atoms with van der Waals surface area (Å²) in [6.45, 7) is 6.54. The van der Waals surface area contributed by atoms with Crippen molar-refractivity contribution in [2.24, 2.45) is 0 Å². The molecule has 0 aliphatic rings. The first kappa shape index (κ1) is 52.6. The molecule has 0 bridgehead atoms. The molecule has 55 heavy (non-hydrogen) atoms. The van der Waals surface area contributed by atoms with E-state index in [-0.39, 0.29) is 31.1 Å². The van der Waals surface area contributed by atoms with E-state index in [2.05, 4.69) is 57.2 Å². The lowest BCUT2D eigenvalue weighted by molar-refractivity contribution is -0.167. The van der Waals surface area contributed by atoms with Crippen LogP contribution in [-0.2, 0) is 28.6 Å². The predicted octanol–water partition coefficient (Wildman–Crippen LogP) is 15.0. The van der Waals surface area contributed by atoms with E-state index in [9.17, 15) is 14.4 Å². The fourth-order valence-corrected chi connectivity index (χ4v) is 6.51. The van der Waals surface area contributed by atoms with Crippen molar-refractivity contribution in [2.45, 2.75) is 245 Å². The Kier molecular flexibility index (Phi) is 42.4. The van der Waals surface area contributed by atoms with Gasteiger partial charge < -0.3 is 14.2 Å². The van der Waals surface area contributed by atoms with Gasteiger partial charge in [0.15, 0.2) is 6.10 Å². The van der Waals surface area contributed by atoms with Crippen LogP contribution in [0.25, 0.3) is 0 Å². The van der Waals surface area contributed by atoms with Crippen molar-refractivity contribution in [3.05, 3.63) is 36.5 Å². The SMILES string of the molecule is CCCC/C=C\CCCCCCCC(=O)OC(COC(=O)CCCCCCC/C=C\C/C=C\CCCCC)COC(=O)CCCCCCCCCCCCC. The standard InChI is InChI=1S/C49H88O6/c1-4-7-10-13-16-19-22-23-24-25-28-30-33-36-39-42-48(51)54-45-46(55-49(52)43-40-37-34-31-27-21-18-15-12-9-6-3)44-53-47(50)41-38-35-32-29-26-20-17-14-11-8-5-2/h15-16,18-19,23-24,46H,4-14,17,20-22,25-45H2,1-3H3/b18-15-,19-16-,24-23-. The van der Waals surface area contributed by atoms with Crippen molar-refractivity contribution in [3.63, 3.8) is 0 Å². The Morgan fingerprint density at radius 2 is 0.673 bits per heavy atom. The maximum absolute atomic E-state index is 12.7. The highest BCUT2D eigenvalue weighted by atomic mass is 16.6. The van der Waals surface area contributed by atoms with E-state index >= 15 is 0 Å². The van der Waals surface area contributed by atoms with E-state index in [1.165, 1.54) is 109 Å². The van der Waals surface area contributed by atoms with Gasteiger partial charge in [-0.15, -0.1) is 0 Å². The topological polar surface area (TPSA) is 78.9 Å². The van der Waals surface area contributed by atoms with E-state index < -0.39 is 6.10 Å². The van der Waals surface area contributed by atoms with Crippen LogP contribution < -0.4 is 0 Å². The fraction of sp³-hybridized carbons (Fsp3) is 0.816. The Labute approximate surface area is 340 Å². The number of ether oxygens (including phenoxy) is 3. The van der Waals surface area contributed by atoms with Gasteiger partial charge in [0.05, 0.1) is 0 Å². The van der Waals surface area contributed by atoms with Crippen LogP contribution in [0.2, 0.25) is 0 Å². The predicted molar refractivity (Wildman–Crippen MR) is 233 cm³/mol. The Morgan fingerprint density at radius 3 is 1.11 bits per heavy atom.